The van der Waals surface area contributed by atoms with Crippen molar-refractivity contribution in [3.63, 3.8) is 0 Å². The van der Waals surface area contributed by atoms with Gasteiger partial charge in [0.2, 0.25) is 0 Å². The van der Waals surface area contributed by atoms with Gasteiger partial charge in [-0.2, -0.15) is 0 Å². The third-order valence-electron chi connectivity index (χ3n) is 4.09. The Bertz CT molecular complexity index is 567. The fraction of sp³-hybridized carbons (Fsp3) is 0.400. The molecule has 1 aliphatic rings. The quantitative estimate of drug-likeness (QED) is 0.653. The number of hydrogen-bond acceptors (Lipinski definition) is 4. The Labute approximate surface area is 112 Å². The van der Waals surface area contributed by atoms with Crippen molar-refractivity contribution < 1.29 is 4.74 Å². The number of ether oxygens (including phenoxy) is 1. The van der Waals surface area contributed by atoms with Gasteiger partial charge in [0.1, 0.15) is 0 Å². The van der Waals surface area contributed by atoms with Gasteiger partial charge in [-0.1, -0.05) is 18.2 Å². The summed E-state index contributed by atoms with van der Waals surface area (Å²) in [4.78, 5) is 4.18. The highest BCUT2D eigenvalue weighted by molar-refractivity contribution is 5.85. The van der Waals surface area contributed by atoms with Gasteiger partial charge in [-0.15, -0.1) is 0 Å². The van der Waals surface area contributed by atoms with Gasteiger partial charge in [0, 0.05) is 30.3 Å². The van der Waals surface area contributed by atoms with Crippen molar-refractivity contribution >= 4 is 10.8 Å². The summed E-state index contributed by atoms with van der Waals surface area (Å²) in [5, 5.41) is 2.35. The molecule has 2 heterocycles. The first-order chi connectivity index (χ1) is 9.31. The zero-order valence-electron chi connectivity index (χ0n) is 11.0. The van der Waals surface area contributed by atoms with Gasteiger partial charge in [-0.05, 0) is 30.4 Å². The number of nitrogens with zero attached hydrogens (tertiary/aromatic N) is 1. The first-order valence-corrected chi connectivity index (χ1v) is 6.71. The molecule has 1 fully saturated rings. The van der Waals surface area contributed by atoms with Crippen LogP contribution in [-0.4, -0.2) is 17.7 Å². The molecule has 3 N–H and O–H groups in total. The molecule has 3 rings (SSSR count). The van der Waals surface area contributed by atoms with E-state index in [0.29, 0.717) is 5.92 Å². The maximum atomic E-state index is 5.82. The molecule has 0 bridgehead atoms. The Morgan fingerprint density at radius 1 is 1.42 bits per heavy atom. The molecule has 1 aromatic carbocycles. The fourth-order valence-electron chi connectivity index (χ4n) is 3.05. The van der Waals surface area contributed by atoms with Gasteiger partial charge in [-0.3, -0.25) is 16.3 Å². The first kappa shape index (κ1) is 12.5. The van der Waals surface area contributed by atoms with E-state index in [1.807, 2.05) is 12.4 Å². The molecule has 3 atom stereocenters. The summed E-state index contributed by atoms with van der Waals surface area (Å²) in [7, 11) is 0. The van der Waals surface area contributed by atoms with Crippen LogP contribution in [0.2, 0.25) is 0 Å². The van der Waals surface area contributed by atoms with E-state index in [0.717, 1.165) is 18.4 Å². The number of pyridine rings is 1. The lowest BCUT2D eigenvalue weighted by Crippen LogP contribution is -2.36. The first-order valence-electron chi connectivity index (χ1n) is 6.71. The summed E-state index contributed by atoms with van der Waals surface area (Å²) in [5.74, 6) is 6.22. The number of rotatable bonds is 3. The number of nitrogens with two attached hydrogens (primary N) is 1. The van der Waals surface area contributed by atoms with Gasteiger partial charge in [0.05, 0.1) is 12.1 Å². The molecule has 19 heavy (non-hydrogen) atoms. The summed E-state index contributed by atoms with van der Waals surface area (Å²) in [6.45, 7) is 2.94. The maximum absolute atomic E-state index is 5.82. The van der Waals surface area contributed by atoms with Crippen molar-refractivity contribution in [2.24, 2.45) is 11.8 Å². The third-order valence-corrected chi connectivity index (χ3v) is 4.09. The molecule has 3 unspecified atom stereocenters. The molecule has 100 valence electrons. The van der Waals surface area contributed by atoms with Gasteiger partial charge >= 0.3 is 0 Å². The van der Waals surface area contributed by atoms with E-state index in [4.69, 9.17) is 10.6 Å². The van der Waals surface area contributed by atoms with Gasteiger partial charge in [0.25, 0.3) is 0 Å². The molecule has 1 aliphatic heterocycles. The second kappa shape index (κ2) is 5.25. The Morgan fingerprint density at radius 2 is 2.32 bits per heavy atom. The highest BCUT2D eigenvalue weighted by Gasteiger charge is 2.32. The molecular weight excluding hydrogens is 238 g/mol. The van der Waals surface area contributed by atoms with E-state index in [2.05, 4.69) is 41.6 Å². The molecule has 0 spiro atoms. The number of fused-ring (bicyclic) bond motifs is 1. The van der Waals surface area contributed by atoms with Crippen LogP contribution in [-0.2, 0) is 4.74 Å². The lowest BCUT2D eigenvalue weighted by atomic mass is 9.86. The molecule has 4 nitrogen and oxygen atoms in total. The van der Waals surface area contributed by atoms with Crippen LogP contribution < -0.4 is 11.3 Å². The maximum Gasteiger partial charge on any atom is 0.0594 e. The zero-order chi connectivity index (χ0) is 13.2. The average molecular weight is 257 g/mol. The Kier molecular flexibility index (Phi) is 3.46. The lowest BCUT2D eigenvalue weighted by molar-refractivity contribution is 0.0955. The van der Waals surface area contributed by atoms with E-state index in [1.54, 1.807) is 0 Å². The van der Waals surface area contributed by atoms with Crippen molar-refractivity contribution in [2.75, 3.05) is 6.61 Å². The number of nitrogens with one attached hydrogen (secondary N) is 1. The van der Waals surface area contributed by atoms with Crippen molar-refractivity contribution in [3.8, 4) is 0 Å². The average Bonchev–Trinajstić information content (AvgIpc) is 2.86. The van der Waals surface area contributed by atoms with E-state index < -0.39 is 0 Å². The minimum absolute atomic E-state index is 0.114. The number of aromatic nitrogens is 1. The smallest absolute Gasteiger partial charge is 0.0594 e. The molecule has 1 aromatic heterocycles. The van der Waals surface area contributed by atoms with Crippen molar-refractivity contribution in [1.29, 1.82) is 0 Å². The molecule has 0 aliphatic carbocycles. The van der Waals surface area contributed by atoms with Crippen LogP contribution in [0.1, 0.15) is 24.9 Å². The Hall–Kier alpha value is -1.49. The Balaban J connectivity index is 2.06. The fourth-order valence-corrected chi connectivity index (χ4v) is 3.05. The van der Waals surface area contributed by atoms with E-state index in [9.17, 15) is 0 Å². The number of hydrogen-bond donors (Lipinski definition) is 2. The zero-order valence-corrected chi connectivity index (χ0v) is 11.0. The number of hydrazine groups is 1. The summed E-state index contributed by atoms with van der Waals surface area (Å²) >= 11 is 0. The summed E-state index contributed by atoms with van der Waals surface area (Å²) in [6.07, 6.45) is 4.99. The van der Waals surface area contributed by atoms with Crippen LogP contribution in [0.25, 0.3) is 10.8 Å². The molecule has 1 saturated heterocycles. The van der Waals surface area contributed by atoms with E-state index in [-0.39, 0.29) is 12.1 Å². The van der Waals surface area contributed by atoms with E-state index in [1.165, 1.54) is 10.9 Å². The summed E-state index contributed by atoms with van der Waals surface area (Å²) in [6, 6.07) is 8.44. The molecular formula is C15H19N3O. The third kappa shape index (κ3) is 2.23. The van der Waals surface area contributed by atoms with Gasteiger partial charge in [0.15, 0.2) is 0 Å². The van der Waals surface area contributed by atoms with Crippen LogP contribution in [0.5, 0.6) is 0 Å². The largest absolute Gasteiger partial charge is 0.378 e. The molecule has 0 saturated carbocycles. The SMILES string of the molecule is CC1OCCC1C(NN)c1cccc2cnccc12. The van der Waals surface area contributed by atoms with Crippen molar-refractivity contribution in [2.45, 2.75) is 25.5 Å². The second-order valence-corrected chi connectivity index (χ2v) is 5.12. The lowest BCUT2D eigenvalue weighted by Gasteiger charge is -2.26. The van der Waals surface area contributed by atoms with Crippen molar-refractivity contribution in [1.82, 2.24) is 10.4 Å². The van der Waals surface area contributed by atoms with Crippen LogP contribution >= 0.6 is 0 Å². The minimum atomic E-state index is 0.114. The van der Waals surface area contributed by atoms with E-state index >= 15 is 0 Å². The summed E-state index contributed by atoms with van der Waals surface area (Å²) < 4.78 is 5.67. The minimum Gasteiger partial charge on any atom is -0.378 e. The van der Waals surface area contributed by atoms with Crippen LogP contribution in [0, 0.1) is 5.92 Å². The highest BCUT2D eigenvalue weighted by atomic mass is 16.5. The standard InChI is InChI=1S/C15H19N3O/c1-10-12(6-8-19-10)15(18-16)14-4-2-3-11-9-17-7-5-13(11)14/h2-5,7,9-10,12,15,18H,6,8,16H2,1H3. The van der Waals surface area contributed by atoms with Crippen LogP contribution in [0.15, 0.2) is 36.7 Å². The normalized spacial score (nSPS) is 24.7. The van der Waals surface area contributed by atoms with Crippen LogP contribution in [0.3, 0.4) is 0 Å². The predicted octanol–water partition coefficient (Wildman–Crippen LogP) is 2.16. The highest BCUT2D eigenvalue weighted by Crippen LogP contribution is 2.35. The topological polar surface area (TPSA) is 60.2 Å². The second-order valence-electron chi connectivity index (χ2n) is 5.12. The molecule has 0 radical (unpaired) electrons. The van der Waals surface area contributed by atoms with Gasteiger partial charge < -0.3 is 4.74 Å². The number of benzene rings is 1. The molecule has 4 heteroatoms. The molecule has 0 amide bonds. The monoisotopic (exact) mass is 257 g/mol. The van der Waals surface area contributed by atoms with Gasteiger partial charge in [-0.25, -0.2) is 0 Å². The Morgan fingerprint density at radius 3 is 3.05 bits per heavy atom. The molecule has 2 aromatic rings. The summed E-state index contributed by atoms with van der Waals surface area (Å²) in [5.41, 5.74) is 4.21. The van der Waals surface area contributed by atoms with Crippen molar-refractivity contribution in [3.05, 3.63) is 42.2 Å². The predicted molar refractivity (Wildman–Crippen MR) is 75.3 cm³/mol. The van der Waals surface area contributed by atoms with Crippen LogP contribution in [0.4, 0.5) is 0 Å².